The van der Waals surface area contributed by atoms with Gasteiger partial charge in [-0.2, -0.15) is 0 Å². The highest BCUT2D eigenvalue weighted by Gasteiger charge is 2.34. The lowest BCUT2D eigenvalue weighted by atomic mass is 9.78. The van der Waals surface area contributed by atoms with E-state index in [1.807, 2.05) is 0 Å². The lowest BCUT2D eigenvalue weighted by molar-refractivity contribution is -0.127. The quantitative estimate of drug-likeness (QED) is 0.621. The molecule has 1 saturated carbocycles. The summed E-state index contributed by atoms with van der Waals surface area (Å²) in [4.78, 5) is 23.1. The third-order valence-electron chi connectivity index (χ3n) is 3.96. The van der Waals surface area contributed by atoms with E-state index in [4.69, 9.17) is 5.73 Å². The monoisotopic (exact) mass is 239 g/mol. The maximum atomic E-state index is 12.1. The number of amides is 2. The summed E-state index contributed by atoms with van der Waals surface area (Å²) in [7, 11) is 0. The summed E-state index contributed by atoms with van der Waals surface area (Å²) >= 11 is 0. The van der Waals surface area contributed by atoms with Crippen molar-refractivity contribution in [1.29, 1.82) is 0 Å². The van der Waals surface area contributed by atoms with Crippen molar-refractivity contribution in [3.63, 3.8) is 0 Å². The van der Waals surface area contributed by atoms with Crippen molar-refractivity contribution in [2.75, 3.05) is 6.54 Å². The van der Waals surface area contributed by atoms with E-state index in [0.717, 1.165) is 19.3 Å². The second kappa shape index (κ2) is 5.04. The molecule has 1 heterocycles. The summed E-state index contributed by atoms with van der Waals surface area (Å²) in [6.07, 6.45) is 3.43. The maximum Gasteiger partial charge on any atom is 0.224 e. The van der Waals surface area contributed by atoms with Crippen molar-refractivity contribution in [3.8, 4) is 0 Å². The van der Waals surface area contributed by atoms with Crippen LogP contribution in [0.25, 0.3) is 0 Å². The zero-order valence-corrected chi connectivity index (χ0v) is 10.2. The molecule has 2 fully saturated rings. The Hall–Kier alpha value is -1.10. The molecule has 0 bridgehead atoms. The molecule has 5 nitrogen and oxygen atoms in total. The molecule has 4 N–H and O–H groups in total. The average Bonchev–Trinajstić information content (AvgIpc) is 2.68. The van der Waals surface area contributed by atoms with Gasteiger partial charge in [-0.1, -0.05) is 13.3 Å². The Labute approximate surface area is 102 Å². The fourth-order valence-electron chi connectivity index (χ4n) is 2.76. The first-order chi connectivity index (χ1) is 8.08. The van der Waals surface area contributed by atoms with Gasteiger partial charge in [-0.15, -0.1) is 0 Å². The smallest absolute Gasteiger partial charge is 0.224 e. The molecule has 2 amide bonds. The number of rotatable bonds is 2. The minimum absolute atomic E-state index is 0.0108. The number of hydrogen-bond acceptors (Lipinski definition) is 3. The largest absolute Gasteiger partial charge is 0.354 e. The van der Waals surface area contributed by atoms with Crippen molar-refractivity contribution >= 4 is 11.8 Å². The predicted octanol–water partition coefficient (Wildman–Crippen LogP) is -0.245. The molecule has 0 aromatic heterocycles. The van der Waals surface area contributed by atoms with Crippen LogP contribution in [0.3, 0.4) is 0 Å². The molecular formula is C12H21N3O2. The van der Waals surface area contributed by atoms with Crippen molar-refractivity contribution < 1.29 is 9.59 Å². The minimum atomic E-state index is -0.0885. The Kier molecular flexibility index (Phi) is 3.66. The molecule has 2 aliphatic rings. The van der Waals surface area contributed by atoms with Crippen LogP contribution in [0.4, 0.5) is 0 Å². The Bertz CT molecular complexity index is 319. The van der Waals surface area contributed by atoms with Gasteiger partial charge in [0.05, 0.1) is 12.0 Å². The van der Waals surface area contributed by atoms with Gasteiger partial charge >= 0.3 is 0 Å². The topological polar surface area (TPSA) is 84.2 Å². The molecule has 17 heavy (non-hydrogen) atoms. The molecule has 0 aromatic rings. The van der Waals surface area contributed by atoms with Gasteiger partial charge in [0, 0.05) is 19.0 Å². The second-order valence-corrected chi connectivity index (χ2v) is 5.31. The molecule has 4 atom stereocenters. The van der Waals surface area contributed by atoms with Gasteiger partial charge in [0.25, 0.3) is 0 Å². The van der Waals surface area contributed by atoms with Gasteiger partial charge in [0.2, 0.25) is 11.8 Å². The van der Waals surface area contributed by atoms with Crippen LogP contribution in [0.1, 0.15) is 32.6 Å². The standard InChI is InChI=1S/C12H21N3O2/c1-7-3-2-4-9(11(7)13)12(17)15-8-5-10(16)14-6-8/h7-9,11H,2-6,13H2,1H3,(H,14,16)(H,15,17). The van der Waals surface area contributed by atoms with Crippen LogP contribution in [0.2, 0.25) is 0 Å². The van der Waals surface area contributed by atoms with Gasteiger partial charge < -0.3 is 16.4 Å². The highest BCUT2D eigenvalue weighted by molar-refractivity contribution is 5.83. The zero-order chi connectivity index (χ0) is 12.4. The van der Waals surface area contributed by atoms with Gasteiger partial charge in [-0.05, 0) is 18.8 Å². The first-order valence-corrected chi connectivity index (χ1v) is 6.40. The molecule has 96 valence electrons. The predicted molar refractivity (Wildman–Crippen MR) is 64.0 cm³/mol. The molecule has 1 aliphatic carbocycles. The number of carbonyl (C=O) groups is 2. The summed E-state index contributed by atoms with van der Waals surface area (Å²) in [5.41, 5.74) is 6.08. The van der Waals surface area contributed by atoms with Gasteiger partial charge in [-0.3, -0.25) is 9.59 Å². The van der Waals surface area contributed by atoms with Crippen LogP contribution < -0.4 is 16.4 Å². The number of hydrogen-bond donors (Lipinski definition) is 3. The SMILES string of the molecule is CC1CCCC(C(=O)NC2CNC(=O)C2)C1N. The van der Waals surface area contributed by atoms with E-state index in [1.165, 1.54) is 0 Å². The van der Waals surface area contributed by atoms with Gasteiger partial charge in [0.1, 0.15) is 0 Å². The van der Waals surface area contributed by atoms with Crippen LogP contribution in [-0.2, 0) is 9.59 Å². The highest BCUT2D eigenvalue weighted by Crippen LogP contribution is 2.28. The van der Waals surface area contributed by atoms with E-state index in [0.29, 0.717) is 18.9 Å². The first kappa shape index (κ1) is 12.4. The molecule has 4 unspecified atom stereocenters. The molecule has 1 aliphatic heterocycles. The zero-order valence-electron chi connectivity index (χ0n) is 10.2. The summed E-state index contributed by atoms with van der Waals surface area (Å²) in [5, 5.41) is 5.64. The Morgan fingerprint density at radius 1 is 1.47 bits per heavy atom. The molecule has 2 rings (SSSR count). The summed E-state index contributed by atoms with van der Waals surface area (Å²) in [5.74, 6) is 0.347. The van der Waals surface area contributed by atoms with Gasteiger partial charge in [0.15, 0.2) is 0 Å². The summed E-state index contributed by atoms with van der Waals surface area (Å²) in [6.45, 7) is 2.65. The van der Waals surface area contributed by atoms with Crippen LogP contribution in [0, 0.1) is 11.8 Å². The second-order valence-electron chi connectivity index (χ2n) is 5.31. The Morgan fingerprint density at radius 3 is 2.88 bits per heavy atom. The minimum Gasteiger partial charge on any atom is -0.354 e. The fourth-order valence-corrected chi connectivity index (χ4v) is 2.76. The summed E-state index contributed by atoms with van der Waals surface area (Å²) in [6, 6.07) is -0.103. The molecule has 0 radical (unpaired) electrons. The molecule has 0 spiro atoms. The number of carbonyl (C=O) groups excluding carboxylic acids is 2. The molecular weight excluding hydrogens is 218 g/mol. The van der Waals surface area contributed by atoms with Crippen molar-refractivity contribution in [3.05, 3.63) is 0 Å². The van der Waals surface area contributed by atoms with Crippen LogP contribution in [0.15, 0.2) is 0 Å². The van der Waals surface area contributed by atoms with Crippen LogP contribution in [-0.4, -0.2) is 30.4 Å². The van der Waals surface area contributed by atoms with Crippen LogP contribution in [0.5, 0.6) is 0 Å². The van der Waals surface area contributed by atoms with E-state index < -0.39 is 0 Å². The molecule has 1 saturated heterocycles. The summed E-state index contributed by atoms with van der Waals surface area (Å²) < 4.78 is 0. The van der Waals surface area contributed by atoms with E-state index in [2.05, 4.69) is 17.6 Å². The number of nitrogens with one attached hydrogen (secondary N) is 2. The Balaban J connectivity index is 1.88. The fraction of sp³-hybridized carbons (Fsp3) is 0.833. The van der Waals surface area contributed by atoms with Crippen LogP contribution >= 0.6 is 0 Å². The third kappa shape index (κ3) is 2.77. The average molecular weight is 239 g/mol. The van der Waals surface area contributed by atoms with Crippen molar-refractivity contribution in [2.45, 2.75) is 44.7 Å². The van der Waals surface area contributed by atoms with E-state index in [9.17, 15) is 9.59 Å². The Morgan fingerprint density at radius 2 is 2.24 bits per heavy atom. The van der Waals surface area contributed by atoms with E-state index in [1.54, 1.807) is 0 Å². The normalized spacial score (nSPS) is 37.6. The van der Waals surface area contributed by atoms with E-state index >= 15 is 0 Å². The maximum absolute atomic E-state index is 12.1. The van der Waals surface area contributed by atoms with Gasteiger partial charge in [-0.25, -0.2) is 0 Å². The molecule has 0 aromatic carbocycles. The highest BCUT2D eigenvalue weighted by atomic mass is 16.2. The van der Waals surface area contributed by atoms with Crippen molar-refractivity contribution in [2.24, 2.45) is 17.6 Å². The lowest BCUT2D eigenvalue weighted by Gasteiger charge is -2.33. The number of nitrogens with two attached hydrogens (primary N) is 1. The molecule has 5 heteroatoms. The first-order valence-electron chi connectivity index (χ1n) is 6.40. The van der Waals surface area contributed by atoms with E-state index in [-0.39, 0.29) is 29.8 Å². The third-order valence-corrected chi connectivity index (χ3v) is 3.96. The van der Waals surface area contributed by atoms with Crippen molar-refractivity contribution in [1.82, 2.24) is 10.6 Å². The lowest BCUT2D eigenvalue weighted by Crippen LogP contribution is -2.50.